The normalized spacial score (nSPS) is 11.5. The number of aryl methyl sites for hydroxylation is 1. The van der Waals surface area contributed by atoms with Crippen LogP contribution in [-0.4, -0.2) is 31.2 Å². The van der Waals surface area contributed by atoms with E-state index < -0.39 is 17.8 Å². The number of nitrogens with zero attached hydrogens (tertiary/aromatic N) is 3. The Morgan fingerprint density at radius 2 is 1.79 bits per heavy atom. The Kier molecular flexibility index (Phi) is 7.23. The van der Waals surface area contributed by atoms with Crippen molar-refractivity contribution in [3.8, 4) is 0 Å². The van der Waals surface area contributed by atoms with E-state index in [-0.39, 0.29) is 11.4 Å². The Balaban J connectivity index is 1.85. The number of halogens is 4. The van der Waals surface area contributed by atoms with Crippen molar-refractivity contribution in [2.75, 3.05) is 24.3 Å². The van der Waals surface area contributed by atoms with E-state index in [9.17, 15) is 18.0 Å². The predicted molar refractivity (Wildman–Crippen MR) is 125 cm³/mol. The first-order chi connectivity index (χ1) is 15.5. The Hall–Kier alpha value is -3.59. The number of hydrazone groups is 1. The summed E-state index contributed by atoms with van der Waals surface area (Å²) in [6, 6.07) is 14.1. The highest BCUT2D eigenvalue weighted by Gasteiger charge is 2.33. The molecule has 1 aromatic heterocycles. The third-order valence-corrected chi connectivity index (χ3v) is 4.91. The van der Waals surface area contributed by atoms with Crippen molar-refractivity contribution < 1.29 is 18.0 Å². The van der Waals surface area contributed by atoms with Crippen LogP contribution in [0.3, 0.4) is 0 Å². The van der Waals surface area contributed by atoms with Gasteiger partial charge in [-0.1, -0.05) is 29.8 Å². The number of hydrogen-bond donors (Lipinski definition) is 2. The van der Waals surface area contributed by atoms with Crippen LogP contribution in [0.2, 0.25) is 5.02 Å². The van der Waals surface area contributed by atoms with Gasteiger partial charge < -0.3 is 10.2 Å². The average Bonchev–Trinajstić information content (AvgIpc) is 2.76. The Morgan fingerprint density at radius 3 is 2.42 bits per heavy atom. The number of carbonyl (C=O) groups is 1. The lowest BCUT2D eigenvalue weighted by molar-refractivity contribution is -0.141. The van der Waals surface area contributed by atoms with E-state index in [0.29, 0.717) is 16.3 Å². The largest absolute Gasteiger partial charge is 0.433 e. The van der Waals surface area contributed by atoms with Crippen LogP contribution in [0.5, 0.6) is 0 Å². The molecule has 6 nitrogen and oxygen atoms in total. The number of aromatic nitrogens is 1. The maximum absolute atomic E-state index is 13.2. The summed E-state index contributed by atoms with van der Waals surface area (Å²) in [5, 5.41) is 7.07. The molecule has 2 N–H and O–H groups in total. The average molecular weight is 476 g/mol. The maximum atomic E-state index is 13.2. The van der Waals surface area contributed by atoms with Gasteiger partial charge in [-0.3, -0.25) is 4.79 Å². The number of pyridine rings is 1. The predicted octanol–water partition coefficient (Wildman–Crippen LogP) is 5.64. The highest BCUT2D eigenvalue weighted by atomic mass is 35.5. The molecule has 0 radical (unpaired) electrons. The van der Waals surface area contributed by atoms with Crippen LogP contribution in [0.25, 0.3) is 0 Å². The Morgan fingerprint density at radius 1 is 1.09 bits per heavy atom. The molecule has 1 amide bonds. The second-order valence-corrected chi connectivity index (χ2v) is 7.80. The second kappa shape index (κ2) is 9.91. The molecule has 0 spiro atoms. The molecule has 2 aromatic carbocycles. The van der Waals surface area contributed by atoms with E-state index in [1.165, 1.54) is 12.3 Å². The van der Waals surface area contributed by atoms with Gasteiger partial charge in [-0.25, -0.2) is 10.4 Å². The van der Waals surface area contributed by atoms with Crippen molar-refractivity contribution in [1.29, 1.82) is 0 Å². The third-order valence-electron chi connectivity index (χ3n) is 4.67. The highest BCUT2D eigenvalue weighted by Crippen LogP contribution is 2.31. The first kappa shape index (κ1) is 24.1. The summed E-state index contributed by atoms with van der Waals surface area (Å²) in [4.78, 5) is 18.3. The van der Waals surface area contributed by atoms with Crippen LogP contribution in [0, 0.1) is 6.92 Å². The molecule has 0 saturated carbocycles. The molecule has 0 unspecified atom stereocenters. The second-order valence-electron chi connectivity index (χ2n) is 7.36. The molecule has 172 valence electrons. The minimum atomic E-state index is -4.67. The van der Waals surface area contributed by atoms with Crippen molar-refractivity contribution in [2.24, 2.45) is 5.10 Å². The van der Waals surface area contributed by atoms with Gasteiger partial charge in [0, 0.05) is 30.5 Å². The molecule has 10 heteroatoms. The summed E-state index contributed by atoms with van der Waals surface area (Å²) < 4.78 is 39.6. The van der Waals surface area contributed by atoms with Crippen LogP contribution >= 0.6 is 11.6 Å². The van der Waals surface area contributed by atoms with E-state index in [1.807, 2.05) is 43.3 Å². The summed E-state index contributed by atoms with van der Waals surface area (Å²) >= 11 is 6.00. The molecule has 3 aromatic rings. The summed E-state index contributed by atoms with van der Waals surface area (Å²) in [5.41, 5.74) is 3.96. The van der Waals surface area contributed by atoms with Gasteiger partial charge in [0.15, 0.2) is 0 Å². The zero-order chi connectivity index (χ0) is 24.2. The number of rotatable bonds is 6. The molecule has 0 fully saturated rings. The van der Waals surface area contributed by atoms with Crippen molar-refractivity contribution in [3.05, 3.63) is 82.0 Å². The molecule has 0 bridgehead atoms. The number of hydrogen-bond acceptors (Lipinski definition) is 5. The molecule has 0 saturated heterocycles. The Bertz CT molecular complexity index is 1180. The zero-order valence-corrected chi connectivity index (χ0v) is 18.8. The van der Waals surface area contributed by atoms with Crippen molar-refractivity contribution in [2.45, 2.75) is 13.1 Å². The smallest absolute Gasteiger partial charge is 0.378 e. The van der Waals surface area contributed by atoms with Crippen LogP contribution in [-0.2, 0) is 6.18 Å². The molecule has 33 heavy (non-hydrogen) atoms. The lowest BCUT2D eigenvalue weighted by Crippen LogP contribution is -2.21. The monoisotopic (exact) mass is 475 g/mol. The lowest BCUT2D eigenvalue weighted by atomic mass is 10.1. The molecule has 3 rings (SSSR count). The van der Waals surface area contributed by atoms with E-state index >= 15 is 0 Å². The topological polar surface area (TPSA) is 69.6 Å². The first-order valence-corrected chi connectivity index (χ1v) is 10.1. The number of nitrogens with one attached hydrogen (secondary N) is 2. The van der Waals surface area contributed by atoms with Crippen LogP contribution < -0.4 is 15.6 Å². The first-order valence-electron chi connectivity index (χ1n) is 9.77. The fraction of sp³-hybridized carbons (Fsp3) is 0.174. The van der Waals surface area contributed by atoms with Gasteiger partial charge in [-0.2, -0.15) is 18.3 Å². The van der Waals surface area contributed by atoms with Crippen LogP contribution in [0.15, 0.2) is 59.7 Å². The van der Waals surface area contributed by atoms with Crippen molar-refractivity contribution in [3.63, 3.8) is 0 Å². The minimum Gasteiger partial charge on any atom is -0.378 e. The van der Waals surface area contributed by atoms with Gasteiger partial charge in [0.25, 0.3) is 5.91 Å². The van der Waals surface area contributed by atoms with Crippen molar-refractivity contribution >= 4 is 40.9 Å². The third kappa shape index (κ3) is 6.23. The Labute approximate surface area is 194 Å². The molecule has 0 aliphatic rings. The van der Waals surface area contributed by atoms with E-state index in [4.69, 9.17) is 11.6 Å². The molecular weight excluding hydrogens is 455 g/mol. The number of benzene rings is 2. The minimum absolute atomic E-state index is 0.109. The van der Waals surface area contributed by atoms with Gasteiger partial charge in [0.05, 0.1) is 11.8 Å². The quantitative estimate of drug-likeness (QED) is 0.358. The molecule has 1 heterocycles. The summed E-state index contributed by atoms with van der Waals surface area (Å²) in [6.45, 7) is 1.75. The molecule has 0 aliphatic heterocycles. The van der Waals surface area contributed by atoms with Gasteiger partial charge in [0.2, 0.25) is 0 Å². The number of alkyl halides is 3. The van der Waals surface area contributed by atoms with Crippen LogP contribution in [0.4, 0.5) is 30.4 Å². The number of amides is 1. The fourth-order valence-corrected chi connectivity index (χ4v) is 3.01. The SMILES string of the molecule is Cc1ccc(Cl)cc1Nc1nc(C(F)(F)F)ccc1C(=O)N/N=C/c1ccc(N(C)C)cc1. The number of carbonyl (C=O) groups excluding carboxylic acids is 1. The summed E-state index contributed by atoms with van der Waals surface area (Å²) in [7, 11) is 3.83. The van der Waals surface area contributed by atoms with Crippen LogP contribution in [0.1, 0.15) is 27.2 Å². The molecule has 0 aliphatic carbocycles. The zero-order valence-electron chi connectivity index (χ0n) is 18.0. The number of anilines is 3. The van der Waals surface area contributed by atoms with E-state index in [1.54, 1.807) is 19.1 Å². The standard InChI is InChI=1S/C23H21ClF3N5O/c1-14-4-7-16(24)12-19(14)29-21-18(10-11-20(30-21)23(25,26)27)22(33)31-28-13-15-5-8-17(9-6-15)32(2)3/h4-13H,1-3H3,(H,29,30)(H,31,33)/b28-13+. The summed E-state index contributed by atoms with van der Waals surface area (Å²) in [5.74, 6) is -0.988. The fourth-order valence-electron chi connectivity index (χ4n) is 2.84. The molecular formula is C23H21ClF3N5O. The van der Waals surface area contributed by atoms with Gasteiger partial charge in [-0.15, -0.1) is 0 Å². The molecule has 0 atom stereocenters. The van der Waals surface area contributed by atoms with Gasteiger partial charge in [-0.05, 0) is 54.4 Å². The summed E-state index contributed by atoms with van der Waals surface area (Å²) in [6.07, 6.45) is -3.24. The lowest BCUT2D eigenvalue weighted by Gasteiger charge is -2.15. The maximum Gasteiger partial charge on any atom is 0.433 e. The van der Waals surface area contributed by atoms with Crippen molar-refractivity contribution in [1.82, 2.24) is 10.4 Å². The van der Waals surface area contributed by atoms with E-state index in [0.717, 1.165) is 23.4 Å². The highest BCUT2D eigenvalue weighted by molar-refractivity contribution is 6.30. The van der Waals surface area contributed by atoms with Gasteiger partial charge >= 0.3 is 6.18 Å². The van der Waals surface area contributed by atoms with E-state index in [2.05, 4.69) is 20.8 Å². The van der Waals surface area contributed by atoms with Gasteiger partial charge in [0.1, 0.15) is 11.5 Å².